The molecule has 0 aliphatic heterocycles. The Morgan fingerprint density at radius 3 is 2.88 bits per heavy atom. The maximum Gasteiger partial charge on any atom is 0.262 e. The third kappa shape index (κ3) is 3.81. The van der Waals surface area contributed by atoms with E-state index in [1.54, 1.807) is 6.07 Å². The first-order chi connectivity index (χ1) is 7.52. The van der Waals surface area contributed by atoms with Crippen molar-refractivity contribution < 1.29 is 4.79 Å². The predicted octanol–water partition coefficient (Wildman–Crippen LogP) is 2.51. The lowest BCUT2D eigenvalue weighted by atomic mass is 10.1. The topological polar surface area (TPSA) is 62.0 Å². The Labute approximate surface area is 103 Å². The zero-order chi connectivity index (χ0) is 12.1. The SMILES string of the molecule is CCC(C)CC(=O)Nc1c[nH]c(=O)c(Br)c1. The molecule has 0 aromatic carbocycles. The molecule has 0 spiro atoms. The van der Waals surface area contributed by atoms with E-state index in [1.807, 2.05) is 6.92 Å². The summed E-state index contributed by atoms with van der Waals surface area (Å²) in [6.07, 6.45) is 2.96. The summed E-state index contributed by atoms with van der Waals surface area (Å²) in [4.78, 5) is 25.1. The average molecular weight is 287 g/mol. The van der Waals surface area contributed by atoms with Crippen LogP contribution in [0.5, 0.6) is 0 Å². The third-order valence-electron chi connectivity index (χ3n) is 2.37. The standard InChI is InChI=1S/C11H15BrN2O2/c1-3-7(2)4-10(15)14-8-5-9(12)11(16)13-6-8/h5-7H,3-4H2,1-2H3,(H,13,16)(H,14,15). The summed E-state index contributed by atoms with van der Waals surface area (Å²) in [7, 11) is 0. The molecular weight excluding hydrogens is 272 g/mol. The van der Waals surface area contributed by atoms with Crippen LogP contribution in [0.15, 0.2) is 21.5 Å². The molecule has 0 aliphatic rings. The molecule has 1 unspecified atom stereocenters. The van der Waals surface area contributed by atoms with Crippen molar-refractivity contribution in [3.63, 3.8) is 0 Å². The van der Waals surface area contributed by atoms with Crippen molar-refractivity contribution in [2.75, 3.05) is 5.32 Å². The van der Waals surface area contributed by atoms with E-state index in [1.165, 1.54) is 6.20 Å². The van der Waals surface area contributed by atoms with Crippen LogP contribution in [0.1, 0.15) is 26.7 Å². The average Bonchev–Trinajstić information content (AvgIpc) is 2.23. The van der Waals surface area contributed by atoms with E-state index in [4.69, 9.17) is 0 Å². The van der Waals surface area contributed by atoms with Gasteiger partial charge in [-0.2, -0.15) is 0 Å². The molecule has 0 bridgehead atoms. The van der Waals surface area contributed by atoms with Gasteiger partial charge < -0.3 is 10.3 Å². The Morgan fingerprint density at radius 2 is 2.31 bits per heavy atom. The van der Waals surface area contributed by atoms with Gasteiger partial charge in [0.15, 0.2) is 0 Å². The second-order valence-electron chi connectivity index (χ2n) is 3.83. The minimum absolute atomic E-state index is 0.0340. The number of halogens is 1. The van der Waals surface area contributed by atoms with Crippen molar-refractivity contribution in [2.45, 2.75) is 26.7 Å². The first kappa shape index (κ1) is 13.0. The van der Waals surface area contributed by atoms with E-state index < -0.39 is 0 Å². The number of rotatable bonds is 4. The van der Waals surface area contributed by atoms with Crippen LogP contribution in [0.2, 0.25) is 0 Å². The number of carbonyl (C=O) groups is 1. The number of amides is 1. The number of H-pyrrole nitrogens is 1. The quantitative estimate of drug-likeness (QED) is 0.893. The van der Waals surface area contributed by atoms with E-state index in [0.717, 1.165) is 6.42 Å². The molecule has 0 saturated heterocycles. The van der Waals surface area contributed by atoms with Gasteiger partial charge in [0.1, 0.15) is 0 Å². The lowest BCUT2D eigenvalue weighted by Crippen LogP contribution is -2.16. The minimum Gasteiger partial charge on any atom is -0.326 e. The summed E-state index contributed by atoms with van der Waals surface area (Å²) in [5.41, 5.74) is 0.389. The number of nitrogens with one attached hydrogen (secondary N) is 2. The molecule has 0 aliphatic carbocycles. The first-order valence-corrected chi connectivity index (χ1v) is 6.00. The van der Waals surface area contributed by atoms with Crippen LogP contribution in [-0.2, 0) is 4.79 Å². The Balaban J connectivity index is 2.63. The smallest absolute Gasteiger partial charge is 0.262 e. The maximum atomic E-state index is 11.6. The molecule has 1 amide bonds. The van der Waals surface area contributed by atoms with Gasteiger partial charge in [0.05, 0.1) is 10.2 Å². The van der Waals surface area contributed by atoms with Gasteiger partial charge in [-0.25, -0.2) is 0 Å². The van der Waals surface area contributed by atoms with Gasteiger partial charge in [-0.15, -0.1) is 0 Å². The Morgan fingerprint density at radius 1 is 1.62 bits per heavy atom. The van der Waals surface area contributed by atoms with E-state index >= 15 is 0 Å². The number of aromatic nitrogens is 1. The molecule has 2 N–H and O–H groups in total. The van der Waals surface area contributed by atoms with Crippen LogP contribution >= 0.6 is 15.9 Å². The summed E-state index contributed by atoms with van der Waals surface area (Å²) in [5, 5.41) is 2.74. The van der Waals surface area contributed by atoms with Crippen LogP contribution in [-0.4, -0.2) is 10.9 Å². The first-order valence-electron chi connectivity index (χ1n) is 5.21. The number of hydrogen-bond acceptors (Lipinski definition) is 2. The Bertz CT molecular complexity index is 428. The molecule has 0 saturated carbocycles. The fraction of sp³-hybridized carbons (Fsp3) is 0.455. The largest absolute Gasteiger partial charge is 0.326 e. The molecule has 1 aromatic heterocycles. The van der Waals surface area contributed by atoms with Gasteiger partial charge in [0.2, 0.25) is 5.91 Å². The lowest BCUT2D eigenvalue weighted by molar-refractivity contribution is -0.117. The molecule has 16 heavy (non-hydrogen) atoms. The summed E-state index contributed by atoms with van der Waals surface area (Å²) in [6, 6.07) is 1.59. The minimum atomic E-state index is -0.208. The van der Waals surface area contributed by atoms with E-state index in [0.29, 0.717) is 22.5 Å². The molecule has 1 aromatic rings. The van der Waals surface area contributed by atoms with Crippen molar-refractivity contribution in [1.29, 1.82) is 0 Å². The monoisotopic (exact) mass is 286 g/mol. The molecule has 5 heteroatoms. The number of hydrogen-bond donors (Lipinski definition) is 2. The molecule has 1 atom stereocenters. The van der Waals surface area contributed by atoms with Gasteiger partial charge in [-0.3, -0.25) is 9.59 Å². The Kier molecular flexibility index (Phi) is 4.73. The van der Waals surface area contributed by atoms with Crippen LogP contribution in [0, 0.1) is 5.92 Å². The lowest BCUT2D eigenvalue weighted by Gasteiger charge is -2.09. The molecule has 0 radical (unpaired) electrons. The fourth-order valence-corrected chi connectivity index (χ4v) is 1.56. The van der Waals surface area contributed by atoms with E-state index in [-0.39, 0.29) is 11.5 Å². The van der Waals surface area contributed by atoms with Gasteiger partial charge in [-0.05, 0) is 27.9 Å². The highest BCUT2D eigenvalue weighted by Gasteiger charge is 2.08. The molecule has 4 nitrogen and oxygen atoms in total. The zero-order valence-corrected chi connectivity index (χ0v) is 10.9. The maximum absolute atomic E-state index is 11.6. The van der Waals surface area contributed by atoms with E-state index in [9.17, 15) is 9.59 Å². The van der Waals surface area contributed by atoms with Gasteiger partial charge in [0, 0.05) is 12.6 Å². The number of anilines is 1. The predicted molar refractivity (Wildman–Crippen MR) is 67.5 cm³/mol. The summed E-state index contributed by atoms with van der Waals surface area (Å²) >= 11 is 3.11. The Hall–Kier alpha value is -1.10. The molecule has 88 valence electrons. The van der Waals surface area contributed by atoms with Gasteiger partial charge >= 0.3 is 0 Å². The zero-order valence-electron chi connectivity index (χ0n) is 9.34. The number of pyridine rings is 1. The molecule has 1 heterocycles. The van der Waals surface area contributed by atoms with Gasteiger partial charge in [0.25, 0.3) is 5.56 Å². The fourth-order valence-electron chi connectivity index (χ4n) is 1.20. The molecule has 1 rings (SSSR count). The summed E-state index contributed by atoms with van der Waals surface area (Å²) in [5.74, 6) is 0.333. The highest BCUT2D eigenvalue weighted by Crippen LogP contribution is 2.12. The van der Waals surface area contributed by atoms with Crippen molar-refractivity contribution in [2.24, 2.45) is 5.92 Å². The van der Waals surface area contributed by atoms with E-state index in [2.05, 4.69) is 33.2 Å². The van der Waals surface area contributed by atoms with Crippen molar-refractivity contribution >= 4 is 27.5 Å². The van der Waals surface area contributed by atoms with Crippen molar-refractivity contribution in [3.8, 4) is 0 Å². The highest BCUT2D eigenvalue weighted by molar-refractivity contribution is 9.10. The third-order valence-corrected chi connectivity index (χ3v) is 2.96. The van der Waals surface area contributed by atoms with Crippen molar-refractivity contribution in [1.82, 2.24) is 4.98 Å². The molecule has 0 fully saturated rings. The second-order valence-corrected chi connectivity index (χ2v) is 4.69. The number of carbonyl (C=O) groups excluding carboxylic acids is 1. The van der Waals surface area contributed by atoms with Crippen molar-refractivity contribution in [3.05, 3.63) is 27.1 Å². The van der Waals surface area contributed by atoms with Crippen LogP contribution in [0.25, 0.3) is 0 Å². The number of aromatic amines is 1. The summed E-state index contributed by atoms with van der Waals surface area (Å²) in [6.45, 7) is 4.08. The highest BCUT2D eigenvalue weighted by atomic mass is 79.9. The van der Waals surface area contributed by atoms with Crippen LogP contribution < -0.4 is 10.9 Å². The molecular formula is C11H15BrN2O2. The normalized spacial score (nSPS) is 12.2. The second kappa shape index (κ2) is 5.84. The summed E-state index contributed by atoms with van der Waals surface area (Å²) < 4.78 is 0.411. The van der Waals surface area contributed by atoms with Crippen LogP contribution in [0.3, 0.4) is 0 Å². The van der Waals surface area contributed by atoms with Gasteiger partial charge in [-0.1, -0.05) is 20.3 Å². The van der Waals surface area contributed by atoms with Crippen LogP contribution in [0.4, 0.5) is 5.69 Å².